The summed E-state index contributed by atoms with van der Waals surface area (Å²) in [5.41, 5.74) is 4.92. The van der Waals surface area contributed by atoms with Crippen molar-refractivity contribution in [3.8, 4) is 5.75 Å². The average Bonchev–Trinajstić information content (AvgIpc) is 3.32. The number of anilines is 2. The van der Waals surface area contributed by atoms with Gasteiger partial charge in [0.25, 0.3) is 0 Å². The Labute approximate surface area is 174 Å². The molecule has 0 amide bonds. The molecule has 152 valence electrons. The van der Waals surface area contributed by atoms with Gasteiger partial charge in [0, 0.05) is 23.2 Å². The van der Waals surface area contributed by atoms with E-state index in [1.165, 1.54) is 63.0 Å². The van der Waals surface area contributed by atoms with Crippen molar-refractivity contribution in [3.63, 3.8) is 0 Å². The van der Waals surface area contributed by atoms with Crippen LogP contribution in [0.1, 0.15) is 51.0 Å². The quantitative estimate of drug-likeness (QED) is 0.689. The molecule has 0 aromatic heterocycles. The van der Waals surface area contributed by atoms with Gasteiger partial charge in [-0.2, -0.15) is 0 Å². The van der Waals surface area contributed by atoms with Gasteiger partial charge in [0.1, 0.15) is 5.75 Å². The van der Waals surface area contributed by atoms with E-state index in [2.05, 4.69) is 65.3 Å². The molecule has 1 aliphatic carbocycles. The highest BCUT2D eigenvalue weighted by atomic mass is 16.5. The van der Waals surface area contributed by atoms with Crippen molar-refractivity contribution in [1.82, 2.24) is 4.90 Å². The lowest BCUT2D eigenvalue weighted by atomic mass is 9.52. The number of methoxy groups -OCH3 is 1. The predicted octanol–water partition coefficient (Wildman–Crippen LogP) is 5.51. The topological polar surface area (TPSA) is 15.7 Å². The molecule has 2 aromatic rings. The smallest absolute Gasteiger partial charge is 0.142 e. The van der Waals surface area contributed by atoms with Gasteiger partial charge in [-0.1, -0.05) is 37.3 Å². The minimum absolute atomic E-state index is 0.231. The lowest BCUT2D eigenvalue weighted by Gasteiger charge is -2.58. The van der Waals surface area contributed by atoms with Crippen molar-refractivity contribution in [3.05, 3.63) is 54.1 Å². The standard InChI is InChI=1S/C26H32N2O/c1-3-25-14-8-17-27-18-16-26(24(25)27)20-11-7-12-21(29-2)23(20)28(22(26)13-15-25)19-9-5-4-6-10-19/h4-7,9-12,22,24H,3,8,13-18H2,1-2H3/t22-,24-,25-,26-/m1/s1. The number of para-hydroxylation sites is 2. The van der Waals surface area contributed by atoms with Crippen LogP contribution < -0.4 is 9.64 Å². The van der Waals surface area contributed by atoms with Crippen LogP contribution in [-0.4, -0.2) is 37.2 Å². The largest absolute Gasteiger partial charge is 0.495 e. The molecule has 3 heterocycles. The molecule has 2 aromatic carbocycles. The van der Waals surface area contributed by atoms with E-state index in [0.717, 1.165) is 5.75 Å². The van der Waals surface area contributed by atoms with Gasteiger partial charge >= 0.3 is 0 Å². The summed E-state index contributed by atoms with van der Waals surface area (Å²) >= 11 is 0. The third kappa shape index (κ3) is 2.12. The Kier molecular flexibility index (Phi) is 3.84. The van der Waals surface area contributed by atoms with Crippen molar-refractivity contribution in [2.75, 3.05) is 25.1 Å². The van der Waals surface area contributed by atoms with Gasteiger partial charge in [-0.15, -0.1) is 0 Å². The van der Waals surface area contributed by atoms with E-state index in [-0.39, 0.29) is 5.41 Å². The number of benzene rings is 2. The third-order valence-electron chi connectivity index (χ3n) is 8.89. The molecular formula is C26H32N2O. The van der Waals surface area contributed by atoms with Crippen molar-refractivity contribution in [1.29, 1.82) is 0 Å². The summed E-state index contributed by atoms with van der Waals surface area (Å²) < 4.78 is 5.95. The summed E-state index contributed by atoms with van der Waals surface area (Å²) in [6, 6.07) is 19.1. The molecule has 3 heteroatoms. The average molecular weight is 389 g/mol. The number of ether oxygens (including phenoxy) is 1. The summed E-state index contributed by atoms with van der Waals surface area (Å²) in [7, 11) is 1.83. The Morgan fingerprint density at radius 3 is 2.66 bits per heavy atom. The second-order valence-electron chi connectivity index (χ2n) is 9.66. The highest BCUT2D eigenvalue weighted by Gasteiger charge is 2.68. The number of nitrogens with zero attached hydrogens (tertiary/aromatic N) is 2. The Hall–Kier alpha value is -2.00. The first-order valence-corrected chi connectivity index (χ1v) is 11.5. The van der Waals surface area contributed by atoms with Gasteiger partial charge < -0.3 is 9.64 Å². The van der Waals surface area contributed by atoms with E-state index in [9.17, 15) is 0 Å². The number of rotatable bonds is 3. The van der Waals surface area contributed by atoms with Gasteiger partial charge in [0.15, 0.2) is 0 Å². The van der Waals surface area contributed by atoms with Gasteiger partial charge in [-0.3, -0.25) is 4.90 Å². The molecule has 0 unspecified atom stereocenters. The van der Waals surface area contributed by atoms with Gasteiger partial charge in [-0.25, -0.2) is 0 Å². The predicted molar refractivity (Wildman–Crippen MR) is 118 cm³/mol. The summed E-state index contributed by atoms with van der Waals surface area (Å²) in [6.07, 6.45) is 8.02. The van der Waals surface area contributed by atoms with Gasteiger partial charge in [0.2, 0.25) is 0 Å². The molecule has 29 heavy (non-hydrogen) atoms. The second kappa shape index (κ2) is 6.25. The van der Waals surface area contributed by atoms with Crippen molar-refractivity contribution >= 4 is 11.4 Å². The third-order valence-corrected chi connectivity index (χ3v) is 8.89. The molecule has 6 rings (SSSR count). The maximum absolute atomic E-state index is 5.95. The number of hydrogen-bond acceptors (Lipinski definition) is 3. The number of hydrogen-bond donors (Lipinski definition) is 0. The lowest BCUT2D eigenvalue weighted by molar-refractivity contribution is -0.0331. The maximum atomic E-state index is 5.95. The van der Waals surface area contributed by atoms with E-state index in [1.54, 1.807) is 5.56 Å². The normalized spacial score (nSPS) is 35.2. The second-order valence-corrected chi connectivity index (χ2v) is 9.66. The summed E-state index contributed by atoms with van der Waals surface area (Å²) in [5, 5.41) is 0. The van der Waals surface area contributed by atoms with Crippen LogP contribution in [0, 0.1) is 5.41 Å². The Morgan fingerprint density at radius 2 is 1.86 bits per heavy atom. The van der Waals surface area contributed by atoms with Crippen LogP contribution in [0.2, 0.25) is 0 Å². The Bertz CT molecular complexity index is 928. The van der Waals surface area contributed by atoms with Crippen LogP contribution in [0.5, 0.6) is 5.75 Å². The minimum atomic E-state index is 0.231. The Morgan fingerprint density at radius 1 is 1.00 bits per heavy atom. The van der Waals surface area contributed by atoms with Crippen molar-refractivity contribution < 1.29 is 4.74 Å². The van der Waals surface area contributed by atoms with E-state index >= 15 is 0 Å². The molecule has 0 bridgehead atoms. The van der Waals surface area contributed by atoms with Crippen molar-refractivity contribution in [2.24, 2.45) is 5.41 Å². The van der Waals surface area contributed by atoms with Crippen LogP contribution >= 0.6 is 0 Å². The van der Waals surface area contributed by atoms with E-state index in [0.29, 0.717) is 17.5 Å². The zero-order valence-corrected chi connectivity index (χ0v) is 17.7. The molecule has 3 fully saturated rings. The zero-order valence-electron chi connectivity index (χ0n) is 17.7. The SMILES string of the molecule is CC[C@@]12CCCN3CC[C@]4(c5cccc(OC)c5N(c5ccccc5)[C@@H]4CC1)[C@H]32. The van der Waals surface area contributed by atoms with Crippen LogP contribution in [0.3, 0.4) is 0 Å². The highest BCUT2D eigenvalue weighted by Crippen LogP contribution is 2.67. The van der Waals surface area contributed by atoms with E-state index in [1.807, 2.05) is 7.11 Å². The lowest BCUT2D eigenvalue weighted by Crippen LogP contribution is -2.64. The highest BCUT2D eigenvalue weighted by molar-refractivity contribution is 5.80. The molecule has 0 N–H and O–H groups in total. The van der Waals surface area contributed by atoms with Gasteiger partial charge in [0.05, 0.1) is 12.8 Å². The van der Waals surface area contributed by atoms with E-state index in [4.69, 9.17) is 4.74 Å². The molecule has 1 saturated carbocycles. The first kappa shape index (κ1) is 17.8. The number of piperidine rings is 1. The summed E-state index contributed by atoms with van der Waals surface area (Å²) in [5.74, 6) is 1.03. The summed E-state index contributed by atoms with van der Waals surface area (Å²) in [4.78, 5) is 5.53. The molecule has 2 saturated heterocycles. The number of fused-ring (bicyclic) bond motifs is 1. The summed E-state index contributed by atoms with van der Waals surface area (Å²) in [6.45, 7) is 4.99. The molecule has 4 aliphatic rings. The van der Waals surface area contributed by atoms with Gasteiger partial charge in [-0.05, 0) is 80.8 Å². The maximum Gasteiger partial charge on any atom is 0.142 e. The molecule has 3 nitrogen and oxygen atoms in total. The minimum Gasteiger partial charge on any atom is -0.495 e. The molecular weight excluding hydrogens is 356 g/mol. The van der Waals surface area contributed by atoms with E-state index < -0.39 is 0 Å². The molecule has 3 aliphatic heterocycles. The Balaban J connectivity index is 1.62. The van der Waals surface area contributed by atoms with Crippen molar-refractivity contribution in [2.45, 2.75) is 62.9 Å². The molecule has 4 atom stereocenters. The molecule has 1 spiro atoms. The fourth-order valence-corrected chi connectivity index (χ4v) is 7.89. The zero-order chi connectivity index (χ0) is 19.6. The van der Waals surface area contributed by atoms with Crippen LogP contribution in [0.15, 0.2) is 48.5 Å². The fraction of sp³-hybridized carbons (Fsp3) is 0.538. The first-order chi connectivity index (χ1) is 14.2. The van der Waals surface area contributed by atoms with Crippen LogP contribution in [0.25, 0.3) is 0 Å². The van der Waals surface area contributed by atoms with Crippen LogP contribution in [0.4, 0.5) is 11.4 Å². The monoisotopic (exact) mass is 388 g/mol. The fourth-order valence-electron chi connectivity index (χ4n) is 7.89. The first-order valence-electron chi connectivity index (χ1n) is 11.5. The molecule has 0 radical (unpaired) electrons. The van der Waals surface area contributed by atoms with Crippen LogP contribution in [-0.2, 0) is 5.41 Å².